The second-order valence-corrected chi connectivity index (χ2v) is 7.65. The third-order valence-corrected chi connectivity index (χ3v) is 4.69. The van der Waals surface area contributed by atoms with E-state index in [1.807, 2.05) is 0 Å². The highest BCUT2D eigenvalue weighted by molar-refractivity contribution is 7.86. The van der Waals surface area contributed by atoms with Crippen LogP contribution in [0.3, 0.4) is 0 Å². The standard InChI is InChI=1S/C10H23NO6S2/c1-3-18(12,13)16-9-5-7-11-8-6-10-17-19(14,15)4-2/h11H,3-10H2,1-2H3. The SMILES string of the molecule is CCS(=O)(=O)OCCCNCCCOS(=O)(=O)CC. The van der Waals surface area contributed by atoms with E-state index in [4.69, 9.17) is 8.37 Å². The Morgan fingerprint density at radius 2 is 1.16 bits per heavy atom. The summed E-state index contributed by atoms with van der Waals surface area (Å²) in [6, 6.07) is 0. The first kappa shape index (κ1) is 18.8. The average Bonchev–Trinajstić information content (AvgIpc) is 2.36. The molecule has 0 saturated heterocycles. The molecule has 0 atom stereocenters. The monoisotopic (exact) mass is 317 g/mol. The van der Waals surface area contributed by atoms with Gasteiger partial charge in [0.2, 0.25) is 0 Å². The van der Waals surface area contributed by atoms with Crippen LogP contribution in [0.4, 0.5) is 0 Å². The molecule has 7 nitrogen and oxygen atoms in total. The van der Waals surface area contributed by atoms with Gasteiger partial charge in [-0.1, -0.05) is 0 Å². The quantitative estimate of drug-likeness (QED) is 0.402. The van der Waals surface area contributed by atoms with Crippen LogP contribution in [0.25, 0.3) is 0 Å². The maximum Gasteiger partial charge on any atom is 0.267 e. The number of hydrogen-bond acceptors (Lipinski definition) is 7. The molecule has 0 aromatic carbocycles. The molecule has 0 aromatic heterocycles. The molecular formula is C10H23NO6S2. The number of hydrogen-bond donors (Lipinski definition) is 1. The van der Waals surface area contributed by atoms with E-state index in [9.17, 15) is 16.8 Å². The molecule has 116 valence electrons. The van der Waals surface area contributed by atoms with Gasteiger partial charge in [0.15, 0.2) is 0 Å². The summed E-state index contributed by atoms with van der Waals surface area (Å²) in [5.41, 5.74) is 0. The van der Waals surface area contributed by atoms with Gasteiger partial charge in [-0.05, 0) is 39.8 Å². The van der Waals surface area contributed by atoms with Gasteiger partial charge in [0, 0.05) is 0 Å². The molecule has 0 amide bonds. The zero-order valence-electron chi connectivity index (χ0n) is 11.4. The van der Waals surface area contributed by atoms with Gasteiger partial charge in [-0.2, -0.15) is 16.8 Å². The van der Waals surface area contributed by atoms with Crippen molar-refractivity contribution in [2.24, 2.45) is 0 Å². The summed E-state index contributed by atoms with van der Waals surface area (Å²) < 4.78 is 53.3. The molecule has 19 heavy (non-hydrogen) atoms. The van der Waals surface area contributed by atoms with Gasteiger partial charge in [0.25, 0.3) is 20.2 Å². The molecule has 0 spiro atoms. The van der Waals surface area contributed by atoms with E-state index in [2.05, 4.69) is 5.32 Å². The fraction of sp³-hybridized carbons (Fsp3) is 1.00. The van der Waals surface area contributed by atoms with Crippen molar-refractivity contribution in [2.45, 2.75) is 26.7 Å². The summed E-state index contributed by atoms with van der Waals surface area (Å²) in [5, 5.41) is 3.04. The Labute approximate surface area is 115 Å². The lowest BCUT2D eigenvalue weighted by atomic mass is 10.4. The summed E-state index contributed by atoms with van der Waals surface area (Å²) in [5.74, 6) is -0.0483. The molecule has 0 unspecified atom stereocenters. The summed E-state index contributed by atoms with van der Waals surface area (Å²) in [4.78, 5) is 0. The van der Waals surface area contributed by atoms with Crippen LogP contribution in [-0.2, 0) is 28.6 Å². The van der Waals surface area contributed by atoms with Gasteiger partial charge in [-0.3, -0.25) is 8.37 Å². The number of rotatable bonds is 12. The highest BCUT2D eigenvalue weighted by Crippen LogP contribution is 1.95. The van der Waals surface area contributed by atoms with Crippen LogP contribution < -0.4 is 5.32 Å². The molecule has 0 heterocycles. The second kappa shape index (κ2) is 9.65. The summed E-state index contributed by atoms with van der Waals surface area (Å²) in [7, 11) is -6.71. The summed E-state index contributed by atoms with van der Waals surface area (Å²) >= 11 is 0. The Bertz CT molecular complexity index is 377. The maximum atomic E-state index is 11.0. The molecule has 0 bridgehead atoms. The van der Waals surface area contributed by atoms with Crippen LogP contribution in [0.15, 0.2) is 0 Å². The zero-order chi connectivity index (χ0) is 14.8. The first-order valence-electron chi connectivity index (χ1n) is 6.28. The molecule has 0 radical (unpaired) electrons. The van der Waals surface area contributed by atoms with Crippen LogP contribution in [0, 0.1) is 0 Å². The molecule has 9 heteroatoms. The molecule has 0 saturated carbocycles. The average molecular weight is 317 g/mol. The minimum absolute atomic E-state index is 0.0241. The predicted octanol–water partition coefficient (Wildman–Crippen LogP) is 0.0888. The fourth-order valence-electron chi connectivity index (χ4n) is 1.06. The van der Waals surface area contributed by atoms with Crippen molar-refractivity contribution in [2.75, 3.05) is 37.8 Å². The van der Waals surface area contributed by atoms with Crippen molar-refractivity contribution >= 4 is 20.2 Å². The van der Waals surface area contributed by atoms with Crippen LogP contribution >= 0.6 is 0 Å². The first-order chi connectivity index (χ1) is 8.83. The van der Waals surface area contributed by atoms with Crippen LogP contribution in [-0.4, -0.2) is 54.6 Å². The zero-order valence-corrected chi connectivity index (χ0v) is 13.1. The Hall–Kier alpha value is -0.220. The van der Waals surface area contributed by atoms with E-state index in [-0.39, 0.29) is 24.7 Å². The largest absolute Gasteiger partial charge is 0.317 e. The topological polar surface area (TPSA) is 98.8 Å². The fourth-order valence-corrected chi connectivity index (χ4v) is 2.13. The van der Waals surface area contributed by atoms with E-state index in [0.717, 1.165) is 0 Å². The summed E-state index contributed by atoms with van der Waals surface area (Å²) in [6.07, 6.45) is 1.15. The van der Waals surface area contributed by atoms with Crippen LogP contribution in [0.2, 0.25) is 0 Å². The van der Waals surface area contributed by atoms with Crippen molar-refractivity contribution in [3.63, 3.8) is 0 Å². The predicted molar refractivity (Wildman–Crippen MR) is 72.9 cm³/mol. The van der Waals surface area contributed by atoms with Crippen molar-refractivity contribution in [3.05, 3.63) is 0 Å². The third kappa shape index (κ3) is 11.3. The highest BCUT2D eigenvalue weighted by atomic mass is 32.2. The lowest BCUT2D eigenvalue weighted by Gasteiger charge is -2.06. The maximum absolute atomic E-state index is 11.0. The van der Waals surface area contributed by atoms with Gasteiger partial charge < -0.3 is 5.32 Å². The normalized spacial score (nSPS) is 12.7. The van der Waals surface area contributed by atoms with Gasteiger partial charge >= 0.3 is 0 Å². The van der Waals surface area contributed by atoms with Crippen molar-refractivity contribution in [3.8, 4) is 0 Å². The van der Waals surface area contributed by atoms with Gasteiger partial charge in [0.1, 0.15) is 0 Å². The third-order valence-electron chi connectivity index (χ3n) is 2.23. The van der Waals surface area contributed by atoms with Gasteiger partial charge in [-0.15, -0.1) is 0 Å². The van der Waals surface area contributed by atoms with Crippen molar-refractivity contribution < 1.29 is 25.2 Å². The first-order valence-corrected chi connectivity index (χ1v) is 9.43. The molecule has 0 aliphatic rings. The van der Waals surface area contributed by atoms with E-state index in [1.54, 1.807) is 0 Å². The van der Waals surface area contributed by atoms with Crippen LogP contribution in [0.5, 0.6) is 0 Å². The van der Waals surface area contributed by atoms with E-state index >= 15 is 0 Å². The van der Waals surface area contributed by atoms with Gasteiger partial charge in [0.05, 0.1) is 24.7 Å². The lowest BCUT2D eigenvalue weighted by molar-refractivity contribution is 0.301. The Morgan fingerprint density at radius 3 is 1.47 bits per heavy atom. The minimum atomic E-state index is -3.35. The molecule has 0 rings (SSSR count). The summed E-state index contributed by atoms with van der Waals surface area (Å²) in [6.45, 7) is 4.59. The van der Waals surface area contributed by atoms with E-state index < -0.39 is 20.2 Å². The molecule has 0 fully saturated rings. The molecule has 0 aliphatic heterocycles. The van der Waals surface area contributed by atoms with E-state index in [0.29, 0.717) is 25.9 Å². The molecule has 0 aromatic rings. The minimum Gasteiger partial charge on any atom is -0.317 e. The molecule has 0 aliphatic carbocycles. The molecule has 1 N–H and O–H groups in total. The Morgan fingerprint density at radius 1 is 0.789 bits per heavy atom. The second-order valence-electron chi connectivity index (χ2n) is 3.79. The Kier molecular flexibility index (Phi) is 9.54. The van der Waals surface area contributed by atoms with Crippen molar-refractivity contribution in [1.29, 1.82) is 0 Å². The number of nitrogens with one attached hydrogen (secondary N) is 1. The van der Waals surface area contributed by atoms with Gasteiger partial charge in [-0.25, -0.2) is 0 Å². The van der Waals surface area contributed by atoms with E-state index in [1.165, 1.54) is 13.8 Å². The van der Waals surface area contributed by atoms with Crippen molar-refractivity contribution in [1.82, 2.24) is 5.32 Å². The lowest BCUT2D eigenvalue weighted by Crippen LogP contribution is -2.21. The van der Waals surface area contributed by atoms with Crippen LogP contribution in [0.1, 0.15) is 26.7 Å². The Balaban J connectivity index is 3.38. The molecular weight excluding hydrogens is 294 g/mol. The smallest absolute Gasteiger partial charge is 0.267 e. The highest BCUT2D eigenvalue weighted by Gasteiger charge is 2.07.